The summed E-state index contributed by atoms with van der Waals surface area (Å²) >= 11 is 0. The number of para-hydroxylation sites is 1. The first kappa shape index (κ1) is 14.6. The van der Waals surface area contributed by atoms with Crippen LogP contribution in [-0.2, 0) is 0 Å². The van der Waals surface area contributed by atoms with E-state index in [-0.39, 0.29) is 12.1 Å². The second-order valence-corrected chi connectivity index (χ2v) is 6.05. The Labute approximate surface area is 140 Å². The molecule has 4 rings (SSSR count). The molecule has 0 saturated carbocycles. The number of fused-ring (bicyclic) bond motifs is 1. The summed E-state index contributed by atoms with van der Waals surface area (Å²) in [7, 11) is 0. The minimum atomic E-state index is -0.371. The number of anilines is 2. The molecule has 2 aromatic carbocycles. The molecule has 0 saturated heterocycles. The van der Waals surface area contributed by atoms with Gasteiger partial charge in [-0.2, -0.15) is 0 Å². The first-order valence-corrected chi connectivity index (χ1v) is 7.95. The van der Waals surface area contributed by atoms with E-state index >= 15 is 0 Å². The number of nitrogens with zero attached hydrogens (tertiary/aromatic N) is 1. The molecule has 0 fully saturated rings. The van der Waals surface area contributed by atoms with Gasteiger partial charge in [0.05, 0.1) is 5.56 Å². The van der Waals surface area contributed by atoms with E-state index < -0.39 is 0 Å². The van der Waals surface area contributed by atoms with Crippen LogP contribution in [0.4, 0.5) is 11.4 Å². The number of rotatable bonds is 2. The van der Waals surface area contributed by atoms with Crippen LogP contribution in [0.2, 0.25) is 0 Å². The molecule has 4 nitrogen and oxygen atoms in total. The van der Waals surface area contributed by atoms with Gasteiger partial charge in [0, 0.05) is 11.4 Å². The Bertz CT molecular complexity index is 896. The molecular formula is C20H18N2O2. The van der Waals surface area contributed by atoms with Gasteiger partial charge >= 0.3 is 0 Å². The number of carbonyl (C=O) groups is 1. The highest BCUT2D eigenvalue weighted by molar-refractivity contribution is 6.12. The van der Waals surface area contributed by atoms with E-state index in [0.29, 0.717) is 5.56 Å². The predicted octanol–water partition coefficient (Wildman–Crippen LogP) is 4.67. The molecule has 0 radical (unpaired) electrons. The molecule has 1 amide bonds. The van der Waals surface area contributed by atoms with Gasteiger partial charge in [0.25, 0.3) is 5.91 Å². The highest BCUT2D eigenvalue weighted by Gasteiger charge is 2.35. The lowest BCUT2D eigenvalue weighted by Crippen LogP contribution is -2.43. The zero-order valence-corrected chi connectivity index (χ0v) is 13.6. The zero-order chi connectivity index (χ0) is 16.7. The quantitative estimate of drug-likeness (QED) is 0.747. The highest BCUT2D eigenvalue weighted by atomic mass is 16.3. The fourth-order valence-corrected chi connectivity index (χ4v) is 3.02. The summed E-state index contributed by atoms with van der Waals surface area (Å²) in [5, 5.41) is 3.43. The number of furan rings is 1. The van der Waals surface area contributed by atoms with Crippen molar-refractivity contribution in [3.63, 3.8) is 0 Å². The maximum Gasteiger partial charge on any atom is 0.262 e. The normalized spacial score (nSPS) is 16.7. The molecule has 3 aromatic rings. The van der Waals surface area contributed by atoms with Crippen LogP contribution in [0.5, 0.6) is 0 Å². The van der Waals surface area contributed by atoms with Gasteiger partial charge in [0.15, 0.2) is 6.17 Å². The van der Waals surface area contributed by atoms with Crippen molar-refractivity contribution in [2.24, 2.45) is 0 Å². The lowest BCUT2D eigenvalue weighted by Gasteiger charge is -2.36. The summed E-state index contributed by atoms with van der Waals surface area (Å²) in [6.45, 7) is 3.93. The number of amides is 1. The van der Waals surface area contributed by atoms with E-state index in [2.05, 4.69) is 5.32 Å². The minimum Gasteiger partial charge on any atom is -0.462 e. The SMILES string of the molecule is Cc1ccc(N2C(=O)c3ccccc3N[C@H]2c2ccc(C)o2)cc1. The predicted molar refractivity (Wildman–Crippen MR) is 94.2 cm³/mol. The first-order chi connectivity index (χ1) is 11.6. The lowest BCUT2D eigenvalue weighted by molar-refractivity contribution is 0.0971. The molecule has 1 N–H and O–H groups in total. The summed E-state index contributed by atoms with van der Waals surface area (Å²) in [5.74, 6) is 1.50. The Morgan fingerprint density at radius 3 is 2.42 bits per heavy atom. The Morgan fingerprint density at radius 1 is 0.958 bits per heavy atom. The second-order valence-electron chi connectivity index (χ2n) is 6.05. The molecule has 120 valence electrons. The number of nitrogens with one attached hydrogen (secondary N) is 1. The van der Waals surface area contributed by atoms with Gasteiger partial charge in [0.2, 0.25) is 0 Å². The molecule has 1 atom stereocenters. The van der Waals surface area contributed by atoms with Crippen molar-refractivity contribution in [3.8, 4) is 0 Å². The van der Waals surface area contributed by atoms with Gasteiger partial charge in [-0.3, -0.25) is 9.69 Å². The van der Waals surface area contributed by atoms with Crippen molar-refractivity contribution < 1.29 is 9.21 Å². The molecule has 0 aliphatic carbocycles. The van der Waals surface area contributed by atoms with Crippen molar-refractivity contribution in [1.82, 2.24) is 0 Å². The van der Waals surface area contributed by atoms with Gasteiger partial charge in [-0.25, -0.2) is 0 Å². The van der Waals surface area contributed by atoms with Crippen LogP contribution in [0.15, 0.2) is 65.1 Å². The summed E-state index contributed by atoms with van der Waals surface area (Å²) in [6.07, 6.45) is -0.371. The summed E-state index contributed by atoms with van der Waals surface area (Å²) in [5.41, 5.74) is 3.48. The van der Waals surface area contributed by atoms with Gasteiger partial charge in [-0.15, -0.1) is 0 Å². The molecule has 4 heteroatoms. The van der Waals surface area contributed by atoms with Crippen molar-refractivity contribution in [1.29, 1.82) is 0 Å². The third-order valence-corrected chi connectivity index (χ3v) is 4.27. The number of carbonyl (C=O) groups excluding carboxylic acids is 1. The molecule has 1 aliphatic heterocycles. The molecule has 0 unspecified atom stereocenters. The van der Waals surface area contributed by atoms with Crippen molar-refractivity contribution in [2.45, 2.75) is 20.0 Å². The third kappa shape index (κ3) is 2.36. The Kier molecular flexibility index (Phi) is 3.38. The summed E-state index contributed by atoms with van der Waals surface area (Å²) in [6, 6.07) is 19.3. The Balaban J connectivity index is 1.85. The van der Waals surface area contributed by atoms with E-state index in [1.165, 1.54) is 0 Å². The van der Waals surface area contributed by atoms with Crippen LogP contribution >= 0.6 is 0 Å². The van der Waals surface area contributed by atoms with Crippen LogP contribution in [0.3, 0.4) is 0 Å². The zero-order valence-electron chi connectivity index (χ0n) is 13.6. The van der Waals surface area contributed by atoms with Gasteiger partial charge in [-0.1, -0.05) is 29.8 Å². The minimum absolute atomic E-state index is 0.0349. The fourth-order valence-electron chi connectivity index (χ4n) is 3.02. The Hall–Kier alpha value is -3.01. The van der Waals surface area contributed by atoms with Crippen molar-refractivity contribution >= 4 is 17.3 Å². The Morgan fingerprint density at radius 2 is 1.71 bits per heavy atom. The largest absolute Gasteiger partial charge is 0.462 e. The molecule has 1 aromatic heterocycles. The third-order valence-electron chi connectivity index (χ3n) is 4.27. The second kappa shape index (κ2) is 5.57. The van der Waals surface area contributed by atoms with Crippen LogP contribution in [0, 0.1) is 13.8 Å². The molecule has 2 heterocycles. The van der Waals surface area contributed by atoms with Crippen molar-refractivity contribution in [3.05, 3.63) is 83.3 Å². The van der Waals surface area contributed by atoms with Crippen LogP contribution in [0.1, 0.15) is 33.6 Å². The van der Waals surface area contributed by atoms with Crippen molar-refractivity contribution in [2.75, 3.05) is 10.2 Å². The van der Waals surface area contributed by atoms with E-state index in [1.54, 1.807) is 4.90 Å². The molecule has 0 bridgehead atoms. The summed E-state index contributed by atoms with van der Waals surface area (Å²) < 4.78 is 5.81. The smallest absolute Gasteiger partial charge is 0.262 e. The molecule has 0 spiro atoms. The topological polar surface area (TPSA) is 45.5 Å². The van der Waals surface area contributed by atoms with Gasteiger partial charge in [0.1, 0.15) is 11.5 Å². The average Bonchev–Trinajstić information content (AvgIpc) is 3.02. The number of hydrogen-bond acceptors (Lipinski definition) is 3. The average molecular weight is 318 g/mol. The van der Waals surface area contributed by atoms with Crippen LogP contribution < -0.4 is 10.2 Å². The lowest BCUT2D eigenvalue weighted by atomic mass is 10.1. The van der Waals surface area contributed by atoms with E-state index in [1.807, 2.05) is 74.5 Å². The van der Waals surface area contributed by atoms with Crippen LogP contribution in [-0.4, -0.2) is 5.91 Å². The number of aryl methyl sites for hydroxylation is 2. The van der Waals surface area contributed by atoms with Crippen LogP contribution in [0.25, 0.3) is 0 Å². The maximum atomic E-state index is 13.1. The molecule has 24 heavy (non-hydrogen) atoms. The monoisotopic (exact) mass is 318 g/mol. The first-order valence-electron chi connectivity index (χ1n) is 7.95. The van der Waals surface area contributed by atoms with Gasteiger partial charge in [-0.05, 0) is 50.2 Å². The number of hydrogen-bond donors (Lipinski definition) is 1. The van der Waals surface area contributed by atoms with Gasteiger partial charge < -0.3 is 9.73 Å². The highest BCUT2D eigenvalue weighted by Crippen LogP contribution is 2.37. The standard InChI is InChI=1S/C20H18N2O2/c1-13-7-10-15(11-8-13)22-19(18-12-9-14(2)24-18)21-17-6-4-3-5-16(17)20(22)23/h3-12,19,21H,1-2H3/t19-/m1/s1. The summed E-state index contributed by atoms with van der Waals surface area (Å²) in [4.78, 5) is 14.9. The molecular weight excluding hydrogens is 300 g/mol. The van der Waals surface area contributed by atoms with E-state index in [0.717, 1.165) is 28.5 Å². The number of benzene rings is 2. The molecule has 1 aliphatic rings. The fraction of sp³-hybridized carbons (Fsp3) is 0.150. The maximum absolute atomic E-state index is 13.1. The van der Waals surface area contributed by atoms with E-state index in [9.17, 15) is 4.79 Å². The van der Waals surface area contributed by atoms with E-state index in [4.69, 9.17) is 4.42 Å².